The predicted octanol–water partition coefficient (Wildman–Crippen LogP) is 6.04. The van der Waals surface area contributed by atoms with Crippen molar-refractivity contribution in [1.82, 2.24) is 25.4 Å². The third-order valence-corrected chi connectivity index (χ3v) is 15.4. The fourth-order valence-corrected chi connectivity index (χ4v) is 11.5. The number of methoxy groups -OCH3 is 2. The number of amides is 6. The van der Waals surface area contributed by atoms with E-state index in [-0.39, 0.29) is 37.0 Å². The highest BCUT2D eigenvalue weighted by Crippen LogP contribution is 2.49. The van der Waals surface area contributed by atoms with E-state index in [4.69, 9.17) is 30.7 Å². The number of ether oxygens (including phenoxy) is 3. The number of primary amides is 2. The molecule has 4 aliphatic rings. The number of hydrogen-bond acceptors (Lipinski definition) is 12. The molecule has 73 heavy (non-hydrogen) atoms. The molecular formula is C55H69N9O9. The van der Waals surface area contributed by atoms with Gasteiger partial charge in [0.15, 0.2) is 0 Å². The number of hydrogen-bond donors (Lipinski definition) is 4. The molecule has 0 unspecified atom stereocenters. The molecule has 0 spiro atoms. The molecule has 0 aliphatic carbocycles. The number of pyridine rings is 1. The zero-order valence-electron chi connectivity index (χ0n) is 42.7. The quantitative estimate of drug-likeness (QED) is 0.107. The first-order valence-electron chi connectivity index (χ1n) is 25.4. The molecule has 4 aromatic rings. The number of carbonyl (C=O) groups excluding carboxylic acids is 6. The second kappa shape index (κ2) is 21.9. The van der Waals surface area contributed by atoms with E-state index in [1.54, 1.807) is 0 Å². The van der Waals surface area contributed by atoms with Crippen molar-refractivity contribution in [3.8, 4) is 11.1 Å². The lowest BCUT2D eigenvalue weighted by Gasteiger charge is -2.39. The van der Waals surface area contributed by atoms with Crippen LogP contribution in [0.25, 0.3) is 11.1 Å². The first kappa shape index (κ1) is 52.1. The van der Waals surface area contributed by atoms with Gasteiger partial charge in [-0.05, 0) is 102 Å². The molecule has 388 valence electrons. The highest BCUT2D eigenvalue weighted by Gasteiger charge is 2.53. The van der Waals surface area contributed by atoms with Gasteiger partial charge in [0.05, 0.1) is 39.5 Å². The molecule has 8 rings (SSSR count). The molecule has 18 heteroatoms. The number of nitrogens with two attached hydrogens (primary N) is 2. The van der Waals surface area contributed by atoms with Crippen molar-refractivity contribution >= 4 is 47.3 Å². The van der Waals surface area contributed by atoms with E-state index in [9.17, 15) is 28.8 Å². The van der Waals surface area contributed by atoms with E-state index in [1.165, 1.54) is 24.0 Å². The van der Waals surface area contributed by atoms with Gasteiger partial charge in [-0.1, -0.05) is 88.4 Å². The number of carbonyl (C=O) groups is 6. The third kappa shape index (κ3) is 10.0. The van der Waals surface area contributed by atoms with E-state index in [2.05, 4.69) is 50.8 Å². The molecule has 6 amide bonds. The van der Waals surface area contributed by atoms with Crippen LogP contribution in [0.1, 0.15) is 101 Å². The Kier molecular flexibility index (Phi) is 15.6. The van der Waals surface area contributed by atoms with Gasteiger partial charge >= 0.3 is 12.2 Å². The Bertz CT molecular complexity index is 2510. The fraction of sp³-hybridized carbons (Fsp3) is 0.473. The Labute approximate surface area is 427 Å². The maximum atomic E-state index is 14.2. The third-order valence-electron chi connectivity index (χ3n) is 15.4. The van der Waals surface area contributed by atoms with Gasteiger partial charge in [-0.25, -0.2) is 14.6 Å². The van der Waals surface area contributed by atoms with Crippen LogP contribution in [0.4, 0.5) is 21.1 Å². The summed E-state index contributed by atoms with van der Waals surface area (Å²) >= 11 is 0. The number of alkyl carbamates (subject to hydrolysis) is 2. The largest absolute Gasteiger partial charge is 0.453 e. The Hall–Kier alpha value is -7.21. The minimum absolute atomic E-state index is 0.130. The molecule has 5 heterocycles. The summed E-state index contributed by atoms with van der Waals surface area (Å²) < 4.78 is 15.2. The Morgan fingerprint density at radius 3 is 1.44 bits per heavy atom. The normalized spacial score (nSPS) is 22.8. The molecule has 0 radical (unpaired) electrons. The molecular weight excluding hydrogens is 931 g/mol. The molecule has 0 bridgehead atoms. The van der Waals surface area contributed by atoms with E-state index >= 15 is 0 Å². The smallest absolute Gasteiger partial charge is 0.407 e. The topological polar surface area (TPSA) is 232 Å². The summed E-state index contributed by atoms with van der Waals surface area (Å²) in [5.74, 6) is -1.79. The number of likely N-dealkylation sites (tertiary alicyclic amines) is 2. The van der Waals surface area contributed by atoms with Crippen LogP contribution in [0.3, 0.4) is 0 Å². The van der Waals surface area contributed by atoms with E-state index in [1.807, 2.05) is 88.5 Å². The summed E-state index contributed by atoms with van der Waals surface area (Å²) in [5.41, 5.74) is 15.8. The zero-order chi connectivity index (χ0) is 52.2. The summed E-state index contributed by atoms with van der Waals surface area (Å²) in [7, 11) is 2.47. The first-order valence-corrected chi connectivity index (χ1v) is 25.4. The highest BCUT2D eigenvalue weighted by molar-refractivity contribution is 5.96. The number of rotatable bonds is 15. The SMILES string of the molecule is COC(=O)N[C@H](C(=O)N1CCC[C@@]1(C(N)=O)c1ccc([C@H]2CC[C@H](c3ccc([C@]4(C(N)=O)CCCN4C(=O)[C@@H](NC(=O)OC)C(C)C)cc3)N2c2ccc(-c3ccc(N4CCOCC4)nc3)cc2)cc1)C(C)C. The van der Waals surface area contributed by atoms with Crippen LogP contribution in [0.5, 0.6) is 0 Å². The Morgan fingerprint density at radius 1 is 0.616 bits per heavy atom. The molecule has 1 aromatic heterocycles. The van der Waals surface area contributed by atoms with Crippen molar-refractivity contribution in [3.05, 3.63) is 113 Å². The number of anilines is 2. The summed E-state index contributed by atoms with van der Waals surface area (Å²) in [4.78, 5) is 92.9. The molecule has 6 N–H and O–H groups in total. The van der Waals surface area contributed by atoms with Crippen LogP contribution in [-0.2, 0) is 44.5 Å². The van der Waals surface area contributed by atoms with Gasteiger partial charge in [0.2, 0.25) is 23.6 Å². The van der Waals surface area contributed by atoms with Crippen molar-refractivity contribution in [2.75, 3.05) is 63.4 Å². The van der Waals surface area contributed by atoms with E-state index in [0.717, 1.165) is 59.7 Å². The number of benzene rings is 3. The lowest BCUT2D eigenvalue weighted by atomic mass is 9.84. The highest BCUT2D eigenvalue weighted by atomic mass is 16.5. The zero-order valence-corrected chi connectivity index (χ0v) is 42.7. The molecule has 4 saturated heterocycles. The van der Waals surface area contributed by atoms with Gasteiger partial charge in [0.1, 0.15) is 29.0 Å². The van der Waals surface area contributed by atoms with Crippen LogP contribution in [0, 0.1) is 11.8 Å². The van der Waals surface area contributed by atoms with Gasteiger partial charge in [-0.15, -0.1) is 0 Å². The van der Waals surface area contributed by atoms with E-state index < -0.39 is 59.0 Å². The average molecular weight is 1000 g/mol. The molecule has 18 nitrogen and oxygen atoms in total. The van der Waals surface area contributed by atoms with Crippen molar-refractivity contribution in [2.24, 2.45) is 23.3 Å². The predicted molar refractivity (Wildman–Crippen MR) is 275 cm³/mol. The lowest BCUT2D eigenvalue weighted by Crippen LogP contribution is -2.59. The molecule has 3 aromatic carbocycles. The molecule has 4 aliphatic heterocycles. The summed E-state index contributed by atoms with van der Waals surface area (Å²) in [6.07, 6.45) is 3.68. The Balaban J connectivity index is 1.13. The second-order valence-corrected chi connectivity index (χ2v) is 20.2. The molecule has 4 fully saturated rings. The second-order valence-electron chi connectivity index (χ2n) is 20.2. The lowest BCUT2D eigenvalue weighted by molar-refractivity contribution is -0.146. The van der Waals surface area contributed by atoms with Crippen LogP contribution < -0.4 is 31.9 Å². The number of morpholine rings is 1. The van der Waals surface area contributed by atoms with Gasteiger partial charge in [0, 0.05) is 43.6 Å². The van der Waals surface area contributed by atoms with Gasteiger partial charge in [0.25, 0.3) is 0 Å². The molecule has 6 atom stereocenters. The van der Waals surface area contributed by atoms with Gasteiger partial charge in [-0.2, -0.15) is 0 Å². The van der Waals surface area contributed by atoms with Crippen molar-refractivity contribution in [1.29, 1.82) is 0 Å². The fourth-order valence-electron chi connectivity index (χ4n) is 11.5. The minimum Gasteiger partial charge on any atom is -0.453 e. The number of nitrogens with one attached hydrogen (secondary N) is 2. The summed E-state index contributed by atoms with van der Waals surface area (Å²) in [6.45, 7) is 10.8. The first-order chi connectivity index (χ1) is 35.0. The van der Waals surface area contributed by atoms with Crippen LogP contribution in [0.15, 0.2) is 91.1 Å². The van der Waals surface area contributed by atoms with Crippen molar-refractivity contribution in [2.45, 2.75) is 101 Å². The monoisotopic (exact) mass is 1000 g/mol. The maximum absolute atomic E-state index is 14.2. The van der Waals surface area contributed by atoms with Crippen LogP contribution in [0.2, 0.25) is 0 Å². The van der Waals surface area contributed by atoms with E-state index in [0.29, 0.717) is 50.0 Å². The standard InChI is InChI=1S/C55H69N9O9/c1-34(2)46(59-52(69)71-5)48(65)62-27-7-25-54(62,50(56)67)40-16-9-37(10-17-40)43-22-23-44(64(43)42-20-13-36(14-21-42)39-15-24-45(58-33-39)61-29-31-73-32-30-61)38-11-18-41(19-12-38)55(51(57)68)26-8-28-63(55)49(66)47(35(3)4)60-53(70)72-6/h9-21,24,33-35,43-44,46-47H,7-8,22-23,25-32H2,1-6H3,(H2,56,67)(H2,57,68)(H,59,69)(H,60,70)/t43-,44-,46+,47+,54+,55+/m1/s1. The molecule has 0 saturated carbocycles. The Morgan fingerprint density at radius 2 is 1.05 bits per heavy atom. The van der Waals surface area contributed by atoms with Crippen molar-refractivity contribution < 1.29 is 43.0 Å². The van der Waals surface area contributed by atoms with Gasteiger partial charge in [-0.3, -0.25) is 19.2 Å². The summed E-state index contributed by atoms with van der Waals surface area (Å²) in [5, 5.41) is 5.31. The number of aromatic nitrogens is 1. The van der Waals surface area contributed by atoms with Gasteiger partial charge < -0.3 is 55.9 Å². The summed E-state index contributed by atoms with van der Waals surface area (Å²) in [6, 6.07) is 26.0. The minimum atomic E-state index is -1.43. The maximum Gasteiger partial charge on any atom is 0.407 e. The van der Waals surface area contributed by atoms with Crippen LogP contribution >= 0.6 is 0 Å². The average Bonchev–Trinajstić information content (AvgIpc) is 4.18. The van der Waals surface area contributed by atoms with Crippen LogP contribution in [-0.4, -0.2) is 116 Å². The number of nitrogens with zero attached hydrogens (tertiary/aromatic N) is 5. The van der Waals surface area contributed by atoms with Crippen molar-refractivity contribution in [3.63, 3.8) is 0 Å².